The monoisotopic (exact) mass is 329 g/mol. The van der Waals surface area contributed by atoms with Crippen molar-refractivity contribution in [3.63, 3.8) is 0 Å². The fraction of sp³-hybridized carbons (Fsp3) is 0.462. The van der Waals surface area contributed by atoms with Gasteiger partial charge in [0.15, 0.2) is 11.7 Å². The third-order valence-electron chi connectivity index (χ3n) is 2.72. The number of oxazole rings is 1. The molecule has 0 saturated heterocycles. The summed E-state index contributed by atoms with van der Waals surface area (Å²) in [6.07, 6.45) is 8.52. The number of halogens is 1. The molecule has 86 valence electrons. The lowest BCUT2D eigenvalue weighted by Crippen LogP contribution is -2.09. The summed E-state index contributed by atoms with van der Waals surface area (Å²) in [5, 5.41) is 0. The van der Waals surface area contributed by atoms with E-state index in [-0.39, 0.29) is 5.41 Å². The first kappa shape index (κ1) is 11.9. The van der Waals surface area contributed by atoms with Crippen LogP contribution in [0.5, 0.6) is 0 Å². The summed E-state index contributed by atoms with van der Waals surface area (Å²) in [4.78, 5) is 4.50. The second kappa shape index (κ2) is 4.35. The van der Waals surface area contributed by atoms with Crippen LogP contribution in [0, 0.1) is 5.41 Å². The van der Waals surface area contributed by atoms with E-state index in [0.717, 1.165) is 21.8 Å². The Kier molecular flexibility index (Phi) is 3.24. The van der Waals surface area contributed by atoms with Crippen LogP contribution in [-0.2, 0) is 0 Å². The number of fused-ring (bicyclic) bond motifs is 1. The molecule has 1 aromatic rings. The Labute approximate surface area is 110 Å². The molecule has 1 aliphatic rings. The minimum atomic E-state index is 0.113. The van der Waals surface area contributed by atoms with Gasteiger partial charge in [-0.1, -0.05) is 55.5 Å². The van der Waals surface area contributed by atoms with E-state index in [0.29, 0.717) is 5.92 Å². The van der Waals surface area contributed by atoms with Crippen molar-refractivity contribution < 1.29 is 4.42 Å². The predicted molar refractivity (Wildman–Crippen MR) is 75.7 cm³/mol. The van der Waals surface area contributed by atoms with Gasteiger partial charge in [0.1, 0.15) is 5.69 Å². The van der Waals surface area contributed by atoms with Crippen LogP contribution in [0.15, 0.2) is 16.6 Å². The number of hydrogen-bond acceptors (Lipinski definition) is 2. The number of allylic oxidation sites excluding steroid dienone is 2. The van der Waals surface area contributed by atoms with E-state index in [1.165, 1.54) is 0 Å². The second-order valence-electron chi connectivity index (χ2n) is 4.76. The first-order valence-corrected chi connectivity index (χ1v) is 7.02. The Morgan fingerprint density at radius 2 is 2.06 bits per heavy atom. The first-order valence-electron chi connectivity index (χ1n) is 5.49. The van der Waals surface area contributed by atoms with Crippen LogP contribution in [-0.4, -0.2) is 9.41 Å². The predicted octanol–water partition coefficient (Wildman–Crippen LogP) is 4.28. The van der Waals surface area contributed by atoms with E-state index in [9.17, 15) is 0 Å². The fourth-order valence-electron chi connectivity index (χ4n) is 1.53. The summed E-state index contributed by atoms with van der Waals surface area (Å²) in [6, 6.07) is 0. The lowest BCUT2D eigenvalue weighted by atomic mass is 9.93. The molecular weight excluding hydrogens is 313 g/mol. The van der Waals surface area contributed by atoms with Gasteiger partial charge < -0.3 is 4.42 Å². The number of aromatic nitrogens is 1. The lowest BCUT2D eigenvalue weighted by Gasteiger charge is -2.16. The first-order chi connectivity index (χ1) is 7.54. The molecule has 1 aliphatic carbocycles. The van der Waals surface area contributed by atoms with Gasteiger partial charge in [-0.15, -0.1) is 0 Å². The van der Waals surface area contributed by atoms with E-state index in [4.69, 9.17) is 4.42 Å². The van der Waals surface area contributed by atoms with Crippen LogP contribution >= 0.6 is 22.6 Å². The van der Waals surface area contributed by atoms with Gasteiger partial charge in [0.05, 0.1) is 0 Å². The Morgan fingerprint density at radius 3 is 2.69 bits per heavy atom. The van der Waals surface area contributed by atoms with Gasteiger partial charge in [-0.3, -0.25) is 0 Å². The van der Waals surface area contributed by atoms with Crippen LogP contribution in [0.3, 0.4) is 0 Å². The maximum absolute atomic E-state index is 5.73. The number of nitrogens with zero attached hydrogens (tertiary/aromatic N) is 1. The summed E-state index contributed by atoms with van der Waals surface area (Å²) < 4.78 is 6.79. The summed E-state index contributed by atoms with van der Waals surface area (Å²) in [7, 11) is 0. The molecule has 2 rings (SSSR count). The maximum atomic E-state index is 5.73. The zero-order chi connectivity index (χ0) is 11.8. The van der Waals surface area contributed by atoms with Gasteiger partial charge >= 0.3 is 0 Å². The normalized spacial score (nSPS) is 23.6. The van der Waals surface area contributed by atoms with E-state index in [1.807, 2.05) is 6.08 Å². The maximum Gasteiger partial charge on any atom is 0.198 e. The molecule has 16 heavy (non-hydrogen) atoms. The molecule has 2 nitrogen and oxygen atoms in total. The number of hydrogen-bond donors (Lipinski definition) is 0. The van der Waals surface area contributed by atoms with Gasteiger partial charge in [-0.2, -0.15) is 0 Å². The van der Waals surface area contributed by atoms with E-state index >= 15 is 0 Å². The largest absolute Gasteiger partial charge is 0.440 e. The lowest BCUT2D eigenvalue weighted by molar-refractivity contribution is 0.464. The van der Waals surface area contributed by atoms with Gasteiger partial charge in [-0.05, 0) is 12.2 Å². The number of alkyl halides is 1. The van der Waals surface area contributed by atoms with Crippen LogP contribution in [0.1, 0.15) is 44.0 Å². The molecule has 1 unspecified atom stereocenters. The van der Waals surface area contributed by atoms with Crippen molar-refractivity contribution >= 4 is 34.7 Å². The molecular formula is C13H16INO. The molecule has 1 heterocycles. The zero-order valence-corrected chi connectivity index (χ0v) is 12.0. The topological polar surface area (TPSA) is 26.0 Å². The summed E-state index contributed by atoms with van der Waals surface area (Å²) in [6.45, 7) is 6.39. The highest BCUT2D eigenvalue weighted by atomic mass is 127. The summed E-state index contributed by atoms with van der Waals surface area (Å²) >= 11 is 2.40. The summed E-state index contributed by atoms with van der Waals surface area (Å²) in [5.74, 6) is 2.04. The Balaban J connectivity index is 2.39. The van der Waals surface area contributed by atoms with Gasteiger partial charge in [-0.25, -0.2) is 4.98 Å². The van der Waals surface area contributed by atoms with Crippen LogP contribution in [0.4, 0.5) is 0 Å². The average molecular weight is 329 g/mol. The molecule has 1 atom stereocenters. The van der Waals surface area contributed by atoms with Crippen molar-refractivity contribution in [2.75, 3.05) is 4.43 Å². The average Bonchev–Trinajstić information content (AvgIpc) is 2.61. The molecule has 3 heteroatoms. The minimum Gasteiger partial charge on any atom is -0.440 e. The second-order valence-corrected chi connectivity index (χ2v) is 5.53. The molecule has 0 saturated carbocycles. The molecule has 0 aromatic carbocycles. The third-order valence-corrected chi connectivity index (χ3v) is 4.36. The van der Waals surface area contributed by atoms with Crippen molar-refractivity contribution in [2.45, 2.75) is 26.7 Å². The zero-order valence-electron chi connectivity index (χ0n) is 9.83. The third kappa shape index (κ3) is 2.24. The highest BCUT2D eigenvalue weighted by Crippen LogP contribution is 2.31. The van der Waals surface area contributed by atoms with E-state index < -0.39 is 0 Å². The Morgan fingerprint density at radius 1 is 1.38 bits per heavy atom. The Bertz CT molecular complexity index is 411. The van der Waals surface area contributed by atoms with Crippen molar-refractivity contribution in [3.8, 4) is 0 Å². The standard InChI is InChI=1S/C13H16INO/c1-9(2)12-15-10-4-6-13(3,8-14)7-5-11(10)16-12/h4-7,9H,8H2,1-3H3. The highest BCUT2D eigenvalue weighted by Gasteiger charge is 2.20. The SMILES string of the molecule is CC(C)c1nc2c(o1)C=CC(C)(CI)C=C2. The summed E-state index contributed by atoms with van der Waals surface area (Å²) in [5.41, 5.74) is 1.07. The van der Waals surface area contributed by atoms with Gasteiger partial charge in [0, 0.05) is 15.8 Å². The van der Waals surface area contributed by atoms with Crippen molar-refractivity contribution in [2.24, 2.45) is 5.41 Å². The molecule has 0 bridgehead atoms. The van der Waals surface area contributed by atoms with Crippen LogP contribution in [0.2, 0.25) is 0 Å². The molecule has 0 radical (unpaired) electrons. The minimum absolute atomic E-state index is 0.113. The van der Waals surface area contributed by atoms with E-state index in [2.05, 4.69) is 66.6 Å². The van der Waals surface area contributed by atoms with Crippen LogP contribution < -0.4 is 0 Å². The quantitative estimate of drug-likeness (QED) is 0.598. The number of rotatable bonds is 2. The molecule has 0 amide bonds. The molecule has 1 aromatic heterocycles. The van der Waals surface area contributed by atoms with Crippen LogP contribution in [0.25, 0.3) is 12.2 Å². The van der Waals surface area contributed by atoms with E-state index in [1.54, 1.807) is 0 Å². The highest BCUT2D eigenvalue weighted by molar-refractivity contribution is 14.1. The van der Waals surface area contributed by atoms with Crippen molar-refractivity contribution in [3.05, 3.63) is 29.5 Å². The Hall–Kier alpha value is -0.580. The van der Waals surface area contributed by atoms with Gasteiger partial charge in [0.25, 0.3) is 0 Å². The van der Waals surface area contributed by atoms with Crippen molar-refractivity contribution in [1.82, 2.24) is 4.98 Å². The molecule has 0 fully saturated rings. The van der Waals surface area contributed by atoms with Gasteiger partial charge in [0.2, 0.25) is 0 Å². The molecule has 0 N–H and O–H groups in total. The molecule has 0 spiro atoms. The smallest absolute Gasteiger partial charge is 0.198 e. The van der Waals surface area contributed by atoms with Crippen molar-refractivity contribution in [1.29, 1.82) is 0 Å². The molecule has 0 aliphatic heterocycles. The fourth-order valence-corrected chi connectivity index (χ4v) is 2.04.